The van der Waals surface area contributed by atoms with Gasteiger partial charge in [-0.1, -0.05) is 24.3 Å². The summed E-state index contributed by atoms with van der Waals surface area (Å²) in [6.45, 7) is 2.74. The summed E-state index contributed by atoms with van der Waals surface area (Å²) in [4.78, 5) is 16.5. The predicted octanol–water partition coefficient (Wildman–Crippen LogP) is 3.04. The molecule has 0 aliphatic heterocycles. The lowest BCUT2D eigenvalue weighted by atomic mass is 10.2. The number of hydrogen-bond donors (Lipinski definition) is 2. The third-order valence-electron chi connectivity index (χ3n) is 4.45. The number of halogens is 1. The molecular weight excluding hydrogens is 345 g/mol. The van der Waals surface area contributed by atoms with Gasteiger partial charge in [0.2, 0.25) is 5.91 Å². The number of carbonyl (C=O) groups is 1. The molecule has 2 aromatic carbocycles. The zero-order chi connectivity index (χ0) is 19.2. The molecule has 5 nitrogen and oxygen atoms in total. The Kier molecular flexibility index (Phi) is 6.19. The van der Waals surface area contributed by atoms with Gasteiger partial charge in [-0.05, 0) is 43.2 Å². The van der Waals surface area contributed by atoms with Crippen LogP contribution in [0.3, 0.4) is 0 Å². The summed E-state index contributed by atoms with van der Waals surface area (Å²) < 4.78 is 15.3. The van der Waals surface area contributed by atoms with Gasteiger partial charge in [0.1, 0.15) is 11.6 Å². The number of para-hydroxylation sites is 2. The Labute approximate surface area is 157 Å². The van der Waals surface area contributed by atoms with Gasteiger partial charge in [0, 0.05) is 25.9 Å². The van der Waals surface area contributed by atoms with Gasteiger partial charge >= 0.3 is 0 Å². The Morgan fingerprint density at radius 2 is 1.96 bits per heavy atom. The average molecular weight is 369 g/mol. The summed E-state index contributed by atoms with van der Waals surface area (Å²) in [7, 11) is 0. The quantitative estimate of drug-likeness (QED) is 0.641. The minimum atomic E-state index is -0.476. The van der Waals surface area contributed by atoms with Crippen LogP contribution in [0.4, 0.5) is 4.39 Å². The topological polar surface area (TPSA) is 67.2 Å². The Bertz CT molecular complexity index is 903. The fourth-order valence-corrected chi connectivity index (χ4v) is 3.01. The van der Waals surface area contributed by atoms with E-state index in [1.807, 2.05) is 24.3 Å². The standard InChI is InChI=1S/C21H24FN3O2/c1-15(26)6-11-21(27)23-13-12-20-24-18-4-2-3-5-19(18)25(20)14-16-7-9-17(22)10-8-16/h2-5,7-10,15,26H,6,11-14H2,1H3,(H,23,27)/t15-/m0/s1. The van der Waals surface area contributed by atoms with E-state index in [0.717, 1.165) is 22.4 Å². The van der Waals surface area contributed by atoms with E-state index in [4.69, 9.17) is 4.98 Å². The van der Waals surface area contributed by atoms with Crippen molar-refractivity contribution in [2.45, 2.75) is 38.8 Å². The van der Waals surface area contributed by atoms with Crippen molar-refractivity contribution in [3.8, 4) is 0 Å². The Morgan fingerprint density at radius 3 is 2.70 bits per heavy atom. The van der Waals surface area contributed by atoms with E-state index in [2.05, 4.69) is 9.88 Å². The van der Waals surface area contributed by atoms with Gasteiger partial charge in [-0.2, -0.15) is 0 Å². The molecule has 3 rings (SSSR count). The summed E-state index contributed by atoms with van der Waals surface area (Å²) in [5.41, 5.74) is 2.90. The van der Waals surface area contributed by atoms with E-state index in [0.29, 0.717) is 32.4 Å². The normalized spacial score (nSPS) is 12.3. The van der Waals surface area contributed by atoms with Crippen LogP contribution in [0.1, 0.15) is 31.2 Å². The largest absolute Gasteiger partial charge is 0.393 e. The number of nitrogens with one attached hydrogen (secondary N) is 1. The van der Waals surface area contributed by atoms with Crippen LogP contribution < -0.4 is 5.32 Å². The fourth-order valence-electron chi connectivity index (χ4n) is 3.01. The molecule has 0 spiro atoms. The summed E-state index contributed by atoms with van der Waals surface area (Å²) >= 11 is 0. The van der Waals surface area contributed by atoms with E-state index in [-0.39, 0.29) is 11.7 Å². The van der Waals surface area contributed by atoms with Gasteiger partial charge in [-0.3, -0.25) is 4.79 Å². The van der Waals surface area contributed by atoms with Gasteiger partial charge in [-0.15, -0.1) is 0 Å². The van der Waals surface area contributed by atoms with Crippen LogP contribution in [0, 0.1) is 5.82 Å². The second kappa shape index (κ2) is 8.77. The van der Waals surface area contributed by atoms with Crippen molar-refractivity contribution in [3.63, 3.8) is 0 Å². The van der Waals surface area contributed by atoms with Crippen LogP contribution >= 0.6 is 0 Å². The zero-order valence-corrected chi connectivity index (χ0v) is 15.4. The first-order chi connectivity index (χ1) is 13.0. The number of benzene rings is 2. The maximum absolute atomic E-state index is 13.2. The van der Waals surface area contributed by atoms with E-state index >= 15 is 0 Å². The first kappa shape index (κ1) is 19.0. The molecule has 0 saturated heterocycles. The van der Waals surface area contributed by atoms with Crippen LogP contribution in [0.5, 0.6) is 0 Å². The number of aliphatic hydroxyl groups is 1. The average Bonchev–Trinajstić information content (AvgIpc) is 2.99. The summed E-state index contributed by atoms with van der Waals surface area (Å²) in [6, 6.07) is 14.3. The van der Waals surface area contributed by atoms with E-state index in [1.165, 1.54) is 12.1 Å². The smallest absolute Gasteiger partial charge is 0.220 e. The van der Waals surface area contributed by atoms with Gasteiger partial charge in [0.25, 0.3) is 0 Å². The van der Waals surface area contributed by atoms with Crippen molar-refractivity contribution in [2.24, 2.45) is 0 Å². The molecule has 27 heavy (non-hydrogen) atoms. The molecule has 1 aromatic heterocycles. The Hall–Kier alpha value is -2.73. The molecule has 1 amide bonds. The van der Waals surface area contributed by atoms with Crippen molar-refractivity contribution < 1.29 is 14.3 Å². The fraction of sp³-hybridized carbons (Fsp3) is 0.333. The highest BCUT2D eigenvalue weighted by atomic mass is 19.1. The molecule has 142 valence electrons. The second-order valence-electron chi connectivity index (χ2n) is 6.72. The van der Waals surface area contributed by atoms with Crippen molar-refractivity contribution in [1.82, 2.24) is 14.9 Å². The number of rotatable bonds is 8. The van der Waals surface area contributed by atoms with Gasteiger partial charge < -0.3 is 15.0 Å². The van der Waals surface area contributed by atoms with Gasteiger partial charge in [0.05, 0.1) is 17.1 Å². The number of aliphatic hydroxyl groups excluding tert-OH is 1. The number of amides is 1. The lowest BCUT2D eigenvalue weighted by molar-refractivity contribution is -0.121. The molecule has 0 radical (unpaired) electrons. The highest BCUT2D eigenvalue weighted by molar-refractivity contribution is 5.76. The zero-order valence-electron chi connectivity index (χ0n) is 15.4. The lowest BCUT2D eigenvalue weighted by Gasteiger charge is -2.11. The maximum Gasteiger partial charge on any atom is 0.220 e. The van der Waals surface area contributed by atoms with E-state index < -0.39 is 6.10 Å². The molecule has 6 heteroatoms. The molecule has 0 unspecified atom stereocenters. The van der Waals surface area contributed by atoms with Crippen molar-refractivity contribution in [2.75, 3.05) is 6.54 Å². The van der Waals surface area contributed by atoms with Crippen LogP contribution in [-0.4, -0.2) is 33.2 Å². The van der Waals surface area contributed by atoms with E-state index in [1.54, 1.807) is 19.1 Å². The minimum Gasteiger partial charge on any atom is -0.393 e. The molecule has 0 aliphatic carbocycles. The lowest BCUT2D eigenvalue weighted by Crippen LogP contribution is -2.27. The first-order valence-corrected chi connectivity index (χ1v) is 9.16. The molecule has 0 bridgehead atoms. The van der Waals surface area contributed by atoms with Gasteiger partial charge in [-0.25, -0.2) is 9.37 Å². The van der Waals surface area contributed by atoms with Crippen LogP contribution in [0.2, 0.25) is 0 Å². The molecule has 3 aromatic rings. The Balaban J connectivity index is 1.72. The van der Waals surface area contributed by atoms with Gasteiger partial charge in [0.15, 0.2) is 0 Å². The summed E-state index contributed by atoms with van der Waals surface area (Å²) in [5.74, 6) is 0.544. The Morgan fingerprint density at radius 1 is 1.22 bits per heavy atom. The highest BCUT2D eigenvalue weighted by Gasteiger charge is 2.12. The number of hydrogen-bond acceptors (Lipinski definition) is 3. The molecule has 1 heterocycles. The monoisotopic (exact) mass is 369 g/mol. The highest BCUT2D eigenvalue weighted by Crippen LogP contribution is 2.18. The summed E-state index contributed by atoms with van der Waals surface area (Å²) in [6.07, 6.45) is 0.880. The molecule has 2 N–H and O–H groups in total. The van der Waals surface area contributed by atoms with Crippen LogP contribution in [0.25, 0.3) is 11.0 Å². The molecule has 0 fully saturated rings. The molecular formula is C21H24FN3O2. The van der Waals surface area contributed by atoms with Crippen LogP contribution in [-0.2, 0) is 17.8 Å². The number of carbonyl (C=O) groups excluding carboxylic acids is 1. The maximum atomic E-state index is 13.2. The number of aromatic nitrogens is 2. The molecule has 0 saturated carbocycles. The van der Waals surface area contributed by atoms with Crippen LogP contribution in [0.15, 0.2) is 48.5 Å². The van der Waals surface area contributed by atoms with Crippen molar-refractivity contribution in [1.29, 1.82) is 0 Å². The summed E-state index contributed by atoms with van der Waals surface area (Å²) in [5, 5.41) is 12.1. The first-order valence-electron chi connectivity index (χ1n) is 9.16. The third kappa shape index (κ3) is 5.14. The molecule has 1 atom stereocenters. The number of nitrogens with zero attached hydrogens (tertiary/aromatic N) is 2. The SMILES string of the molecule is C[C@H](O)CCC(=O)NCCc1nc2ccccc2n1Cc1ccc(F)cc1. The van der Waals surface area contributed by atoms with E-state index in [9.17, 15) is 14.3 Å². The second-order valence-corrected chi connectivity index (χ2v) is 6.72. The van der Waals surface area contributed by atoms with Crippen molar-refractivity contribution in [3.05, 3.63) is 65.7 Å². The predicted molar refractivity (Wildman–Crippen MR) is 103 cm³/mol. The number of fused-ring (bicyclic) bond motifs is 1. The van der Waals surface area contributed by atoms with Crippen molar-refractivity contribution >= 4 is 16.9 Å². The molecule has 0 aliphatic rings. The minimum absolute atomic E-state index is 0.0721. The number of imidazole rings is 1. The third-order valence-corrected chi connectivity index (χ3v) is 4.45.